The van der Waals surface area contributed by atoms with E-state index >= 15 is 0 Å². The Hall–Kier alpha value is -2.93. The molecule has 0 saturated carbocycles. The molecule has 1 aliphatic heterocycles. The number of fused-ring (bicyclic) bond motifs is 1. The lowest BCUT2D eigenvalue weighted by atomic mass is 10.2. The van der Waals surface area contributed by atoms with Crippen molar-refractivity contribution >= 4 is 23.1 Å². The van der Waals surface area contributed by atoms with Crippen molar-refractivity contribution in [3.05, 3.63) is 53.7 Å². The van der Waals surface area contributed by atoms with Gasteiger partial charge in [-0.1, -0.05) is 12.1 Å². The molecule has 1 N–H and O–H groups in total. The standard InChI is InChI=1S/C20H23N5O2/c1-15-6-7-16(27-15)12-21-20-17-4-2-3-5-18(17)22-19(23-20)13-24-8-10-25(14-26)11-9-24/h2-7,14H,8-13H2,1H3,(H,21,22,23). The number of aryl methyl sites for hydroxylation is 1. The summed E-state index contributed by atoms with van der Waals surface area (Å²) >= 11 is 0. The molecule has 7 heteroatoms. The number of nitrogens with one attached hydrogen (secondary N) is 1. The van der Waals surface area contributed by atoms with Gasteiger partial charge in [0.1, 0.15) is 23.2 Å². The molecule has 0 unspecified atom stereocenters. The number of amides is 1. The third kappa shape index (κ3) is 4.09. The molecule has 7 nitrogen and oxygen atoms in total. The van der Waals surface area contributed by atoms with Crippen LogP contribution in [0.4, 0.5) is 5.82 Å². The van der Waals surface area contributed by atoms with Crippen molar-refractivity contribution in [2.45, 2.75) is 20.0 Å². The second-order valence-corrected chi connectivity index (χ2v) is 6.79. The quantitative estimate of drug-likeness (QED) is 0.676. The average Bonchev–Trinajstić information content (AvgIpc) is 3.12. The number of piperazine rings is 1. The molecule has 1 fully saturated rings. The largest absolute Gasteiger partial charge is 0.465 e. The van der Waals surface area contributed by atoms with Gasteiger partial charge in [0, 0.05) is 31.6 Å². The molecule has 0 spiro atoms. The SMILES string of the molecule is Cc1ccc(CNc2nc(CN3CCN(C=O)CC3)nc3ccccc23)o1. The molecule has 3 heterocycles. The fraction of sp³-hybridized carbons (Fsp3) is 0.350. The average molecular weight is 365 g/mol. The van der Waals surface area contributed by atoms with Gasteiger partial charge in [-0.05, 0) is 31.2 Å². The van der Waals surface area contributed by atoms with Crippen LogP contribution in [0.5, 0.6) is 0 Å². The van der Waals surface area contributed by atoms with Crippen molar-refractivity contribution in [1.82, 2.24) is 19.8 Å². The minimum atomic E-state index is 0.576. The molecule has 4 rings (SSSR count). The van der Waals surface area contributed by atoms with Crippen molar-refractivity contribution in [1.29, 1.82) is 0 Å². The fourth-order valence-electron chi connectivity index (χ4n) is 3.31. The Morgan fingerprint density at radius 2 is 1.93 bits per heavy atom. The van der Waals surface area contributed by atoms with Gasteiger partial charge in [0.2, 0.25) is 6.41 Å². The number of rotatable bonds is 6. The number of hydrogen-bond acceptors (Lipinski definition) is 6. The van der Waals surface area contributed by atoms with Crippen molar-refractivity contribution in [3.63, 3.8) is 0 Å². The molecule has 27 heavy (non-hydrogen) atoms. The first-order valence-corrected chi connectivity index (χ1v) is 9.18. The number of aromatic nitrogens is 2. The zero-order chi connectivity index (χ0) is 18.6. The summed E-state index contributed by atoms with van der Waals surface area (Å²) in [6.07, 6.45) is 0.919. The lowest BCUT2D eigenvalue weighted by molar-refractivity contribution is -0.119. The predicted molar refractivity (Wildman–Crippen MR) is 103 cm³/mol. The molecule has 0 bridgehead atoms. The smallest absolute Gasteiger partial charge is 0.209 e. The van der Waals surface area contributed by atoms with E-state index in [0.29, 0.717) is 13.1 Å². The summed E-state index contributed by atoms with van der Waals surface area (Å²) in [5.74, 6) is 3.37. The lowest BCUT2D eigenvalue weighted by Gasteiger charge is -2.32. The minimum Gasteiger partial charge on any atom is -0.465 e. The highest BCUT2D eigenvalue weighted by atomic mass is 16.3. The second kappa shape index (κ2) is 7.75. The molecular formula is C20H23N5O2. The van der Waals surface area contributed by atoms with Crippen LogP contribution < -0.4 is 5.32 Å². The van der Waals surface area contributed by atoms with Crippen LogP contribution in [-0.4, -0.2) is 52.4 Å². The van der Waals surface area contributed by atoms with Crippen LogP contribution in [0.2, 0.25) is 0 Å². The summed E-state index contributed by atoms with van der Waals surface area (Å²) in [5, 5.41) is 4.39. The number of carbonyl (C=O) groups is 1. The Bertz CT molecular complexity index is 931. The third-order valence-corrected chi connectivity index (χ3v) is 4.80. The van der Waals surface area contributed by atoms with E-state index in [1.807, 2.05) is 43.3 Å². The highest BCUT2D eigenvalue weighted by Crippen LogP contribution is 2.22. The van der Waals surface area contributed by atoms with Crippen LogP contribution in [0.15, 0.2) is 40.8 Å². The number of nitrogens with zero attached hydrogens (tertiary/aromatic N) is 4. The number of benzene rings is 1. The van der Waals surface area contributed by atoms with Gasteiger partial charge in [-0.25, -0.2) is 9.97 Å². The van der Waals surface area contributed by atoms with E-state index in [1.165, 1.54) is 0 Å². The van der Waals surface area contributed by atoms with Crippen molar-refractivity contribution < 1.29 is 9.21 Å². The van der Waals surface area contributed by atoms with Crippen LogP contribution in [0, 0.1) is 6.92 Å². The minimum absolute atomic E-state index is 0.576. The summed E-state index contributed by atoms with van der Waals surface area (Å²) in [6.45, 7) is 6.36. The van der Waals surface area contributed by atoms with E-state index in [2.05, 4.69) is 10.2 Å². The van der Waals surface area contributed by atoms with Crippen LogP contribution in [0.3, 0.4) is 0 Å². The van der Waals surface area contributed by atoms with E-state index in [9.17, 15) is 4.79 Å². The normalized spacial score (nSPS) is 15.2. The zero-order valence-corrected chi connectivity index (χ0v) is 15.4. The highest BCUT2D eigenvalue weighted by molar-refractivity contribution is 5.88. The molecule has 2 aromatic heterocycles. The molecule has 0 atom stereocenters. The topological polar surface area (TPSA) is 74.5 Å². The second-order valence-electron chi connectivity index (χ2n) is 6.79. The van der Waals surface area contributed by atoms with E-state index < -0.39 is 0 Å². The maximum atomic E-state index is 10.9. The highest BCUT2D eigenvalue weighted by Gasteiger charge is 2.17. The molecule has 140 valence electrons. The Labute approximate surface area is 158 Å². The van der Waals surface area contributed by atoms with Crippen molar-refractivity contribution in [2.24, 2.45) is 0 Å². The molecule has 0 radical (unpaired) electrons. The number of furan rings is 1. The first-order valence-electron chi connectivity index (χ1n) is 9.18. The van der Waals surface area contributed by atoms with Gasteiger partial charge in [0.25, 0.3) is 0 Å². The first kappa shape index (κ1) is 17.5. The van der Waals surface area contributed by atoms with Gasteiger partial charge in [0.15, 0.2) is 0 Å². The maximum Gasteiger partial charge on any atom is 0.209 e. The Morgan fingerprint density at radius 1 is 1.11 bits per heavy atom. The van der Waals surface area contributed by atoms with Gasteiger partial charge < -0.3 is 14.6 Å². The van der Waals surface area contributed by atoms with Crippen LogP contribution in [0.25, 0.3) is 10.9 Å². The van der Waals surface area contributed by atoms with E-state index in [0.717, 1.165) is 66.7 Å². The Balaban J connectivity index is 1.53. The monoisotopic (exact) mass is 365 g/mol. The first-order chi connectivity index (χ1) is 13.2. The van der Waals surface area contributed by atoms with Crippen LogP contribution in [-0.2, 0) is 17.9 Å². The van der Waals surface area contributed by atoms with Crippen LogP contribution >= 0.6 is 0 Å². The number of para-hydroxylation sites is 1. The zero-order valence-electron chi connectivity index (χ0n) is 15.4. The molecule has 3 aromatic rings. The van der Waals surface area contributed by atoms with E-state index in [-0.39, 0.29) is 0 Å². The summed E-state index contributed by atoms with van der Waals surface area (Å²) in [6, 6.07) is 11.9. The maximum absolute atomic E-state index is 10.9. The number of hydrogen-bond donors (Lipinski definition) is 1. The molecule has 1 aromatic carbocycles. The molecular weight excluding hydrogens is 342 g/mol. The van der Waals surface area contributed by atoms with E-state index in [1.54, 1.807) is 4.90 Å². The third-order valence-electron chi connectivity index (χ3n) is 4.80. The summed E-state index contributed by atoms with van der Waals surface area (Å²) in [4.78, 5) is 24.5. The predicted octanol–water partition coefficient (Wildman–Crippen LogP) is 2.42. The fourth-order valence-corrected chi connectivity index (χ4v) is 3.31. The molecule has 1 saturated heterocycles. The van der Waals surface area contributed by atoms with Gasteiger partial charge in [-0.3, -0.25) is 9.69 Å². The Kier molecular flexibility index (Phi) is 5.02. The van der Waals surface area contributed by atoms with Crippen molar-refractivity contribution in [2.75, 3.05) is 31.5 Å². The lowest BCUT2D eigenvalue weighted by Crippen LogP contribution is -2.45. The van der Waals surface area contributed by atoms with Gasteiger partial charge >= 0.3 is 0 Å². The summed E-state index contributed by atoms with van der Waals surface area (Å²) < 4.78 is 5.64. The van der Waals surface area contributed by atoms with Gasteiger partial charge in [0.05, 0.1) is 18.6 Å². The summed E-state index contributed by atoms with van der Waals surface area (Å²) in [5.41, 5.74) is 0.923. The summed E-state index contributed by atoms with van der Waals surface area (Å²) in [7, 11) is 0. The molecule has 0 aliphatic carbocycles. The number of carbonyl (C=O) groups excluding carboxylic acids is 1. The van der Waals surface area contributed by atoms with Gasteiger partial charge in [-0.2, -0.15) is 0 Å². The molecule has 1 amide bonds. The van der Waals surface area contributed by atoms with Crippen molar-refractivity contribution in [3.8, 4) is 0 Å². The van der Waals surface area contributed by atoms with Crippen LogP contribution in [0.1, 0.15) is 17.3 Å². The Morgan fingerprint density at radius 3 is 2.67 bits per heavy atom. The number of anilines is 1. The molecule has 1 aliphatic rings. The van der Waals surface area contributed by atoms with Gasteiger partial charge in [-0.15, -0.1) is 0 Å². The van der Waals surface area contributed by atoms with E-state index in [4.69, 9.17) is 14.4 Å².